The van der Waals surface area contributed by atoms with Gasteiger partial charge < -0.3 is 55.1 Å². The molecule has 32 nitrogen and oxygen atoms in total. The number of carbonyl (C=O) groups excluding carboxylic acids is 4. The predicted molar refractivity (Wildman–Crippen MR) is 290 cm³/mol. The lowest BCUT2D eigenvalue weighted by Gasteiger charge is -2.31. The third-order valence-corrected chi connectivity index (χ3v) is 14.2. The summed E-state index contributed by atoms with van der Waals surface area (Å²) in [5.74, 6) is -11.1. The molecule has 2 fully saturated rings. The number of hydrogen-bond acceptors (Lipinski definition) is 22. The molecular formula is C55H67N9O23. The van der Waals surface area contributed by atoms with Crippen LogP contribution in [0.25, 0.3) is 0 Å². The molecule has 0 saturated carbocycles. The minimum atomic E-state index is -1.44. The van der Waals surface area contributed by atoms with E-state index in [4.69, 9.17) is 14.2 Å². The van der Waals surface area contributed by atoms with Crippen molar-refractivity contribution in [3.05, 3.63) is 76.6 Å². The number of amides is 4. The van der Waals surface area contributed by atoms with Crippen LogP contribution in [0.1, 0.15) is 98.4 Å². The molecule has 470 valence electrons. The fourth-order valence-electron chi connectivity index (χ4n) is 10.1. The van der Waals surface area contributed by atoms with Crippen LogP contribution in [0.3, 0.4) is 0 Å². The molecule has 4 unspecified atom stereocenters. The Kier molecular flexibility index (Phi) is 24.5. The molecule has 4 aliphatic heterocycles. The van der Waals surface area contributed by atoms with E-state index in [2.05, 4.69) is 15.0 Å². The van der Waals surface area contributed by atoms with E-state index in [1.54, 1.807) is 18.2 Å². The SMILES string of the molecule is O=C(O)CC(C(=O)O)N1CCOCCN(C(CC(=O)O)C(=O)O)Cc2cc(OCCCN3C(=O)CCC3=O)cc(n2)C1.O=C(O)CC(C(=O)O)N1Cc2cccc(n2)CN(C(CC(=O)O)C(=O)O)Cc2cc(OCCCN3C(=O)CCC3=O)cc(n2)C1. The number of aliphatic carboxylic acids is 8. The molecular weight excluding hydrogens is 1150 g/mol. The maximum atomic E-state index is 12.2. The molecule has 3 aromatic heterocycles. The van der Waals surface area contributed by atoms with Crippen molar-refractivity contribution in [1.82, 2.24) is 44.4 Å². The van der Waals surface area contributed by atoms with Crippen LogP contribution in [-0.2, 0) is 102 Å². The lowest BCUT2D eigenvalue weighted by molar-refractivity contribution is -0.151. The summed E-state index contributed by atoms with van der Waals surface area (Å²) in [4.78, 5) is 163. The van der Waals surface area contributed by atoms with Gasteiger partial charge in [0.1, 0.15) is 35.7 Å². The average molecular weight is 1220 g/mol. The molecule has 3 aromatic rings. The number of likely N-dealkylation sites (tertiary alicyclic amines) is 2. The van der Waals surface area contributed by atoms with E-state index >= 15 is 0 Å². The van der Waals surface area contributed by atoms with Crippen LogP contribution in [0.4, 0.5) is 0 Å². The van der Waals surface area contributed by atoms with Crippen LogP contribution in [0.15, 0.2) is 42.5 Å². The molecule has 0 spiro atoms. The maximum Gasteiger partial charge on any atom is 0.321 e. The van der Waals surface area contributed by atoms with Crippen LogP contribution in [0.5, 0.6) is 11.5 Å². The third-order valence-electron chi connectivity index (χ3n) is 14.2. The van der Waals surface area contributed by atoms with E-state index in [1.807, 2.05) is 0 Å². The third kappa shape index (κ3) is 20.5. The average Bonchev–Trinajstić information content (AvgIpc) is 2.34. The number of fused-ring (bicyclic) bond motifs is 6. The highest BCUT2D eigenvalue weighted by Gasteiger charge is 2.35. The number of carboxylic acid groups (broad SMARTS) is 8. The number of carbonyl (C=O) groups is 12. The molecule has 2 saturated heterocycles. The molecule has 0 aliphatic carbocycles. The zero-order valence-electron chi connectivity index (χ0n) is 47.0. The molecule has 4 atom stereocenters. The number of rotatable bonds is 26. The van der Waals surface area contributed by atoms with Gasteiger partial charge in [0.15, 0.2) is 0 Å². The largest absolute Gasteiger partial charge is 0.493 e. The van der Waals surface area contributed by atoms with Gasteiger partial charge in [-0.2, -0.15) is 0 Å². The van der Waals surface area contributed by atoms with Crippen molar-refractivity contribution in [2.24, 2.45) is 0 Å². The van der Waals surface area contributed by atoms with Crippen molar-refractivity contribution in [1.29, 1.82) is 0 Å². The van der Waals surface area contributed by atoms with Gasteiger partial charge in [0, 0.05) is 115 Å². The molecule has 7 heterocycles. The zero-order valence-corrected chi connectivity index (χ0v) is 47.0. The monoisotopic (exact) mass is 1220 g/mol. The van der Waals surface area contributed by atoms with Gasteiger partial charge in [-0.3, -0.25) is 102 Å². The topological polar surface area (TPSA) is 452 Å². The first-order valence-corrected chi connectivity index (χ1v) is 27.5. The minimum Gasteiger partial charge on any atom is -0.493 e. The van der Waals surface area contributed by atoms with E-state index in [1.165, 1.54) is 53.7 Å². The first-order valence-electron chi connectivity index (χ1n) is 27.5. The van der Waals surface area contributed by atoms with Gasteiger partial charge in [0.2, 0.25) is 23.6 Å². The smallest absolute Gasteiger partial charge is 0.321 e. The summed E-state index contributed by atoms with van der Waals surface area (Å²) in [6, 6.07) is 5.37. The minimum absolute atomic E-state index is 0.00903. The Balaban J connectivity index is 0.000000279. The molecule has 87 heavy (non-hydrogen) atoms. The van der Waals surface area contributed by atoms with Crippen molar-refractivity contribution < 1.29 is 113 Å². The Hall–Kier alpha value is -9.11. The fraction of sp³-hybridized carbons (Fsp3) is 0.509. The van der Waals surface area contributed by atoms with Crippen molar-refractivity contribution in [3.63, 3.8) is 0 Å². The number of aromatic nitrogens is 3. The normalized spacial score (nSPS) is 17.8. The number of nitrogens with zero attached hydrogens (tertiary/aromatic N) is 9. The van der Waals surface area contributed by atoms with Gasteiger partial charge in [0.05, 0.1) is 86.3 Å². The van der Waals surface area contributed by atoms with Crippen LogP contribution in [0, 0.1) is 0 Å². The number of ether oxygens (including phenoxy) is 3. The number of imide groups is 2. The molecule has 0 radical (unpaired) electrons. The summed E-state index contributed by atoms with van der Waals surface area (Å²) < 4.78 is 17.4. The van der Waals surface area contributed by atoms with Crippen LogP contribution >= 0.6 is 0 Å². The Morgan fingerprint density at radius 1 is 0.425 bits per heavy atom. The van der Waals surface area contributed by atoms with Gasteiger partial charge in [-0.05, 0) is 25.0 Å². The Morgan fingerprint density at radius 2 is 0.701 bits per heavy atom. The second kappa shape index (κ2) is 31.9. The molecule has 4 aliphatic rings. The second-order valence-corrected chi connectivity index (χ2v) is 20.6. The Morgan fingerprint density at radius 3 is 1.00 bits per heavy atom. The van der Waals surface area contributed by atoms with E-state index in [-0.39, 0.29) is 164 Å². The lowest BCUT2D eigenvalue weighted by Crippen LogP contribution is -2.46. The molecule has 32 heteroatoms. The van der Waals surface area contributed by atoms with Gasteiger partial charge in [-0.15, -0.1) is 0 Å². The van der Waals surface area contributed by atoms with Crippen LogP contribution in [0.2, 0.25) is 0 Å². The van der Waals surface area contributed by atoms with E-state index in [0.717, 1.165) is 0 Å². The zero-order chi connectivity index (χ0) is 63.5. The summed E-state index contributed by atoms with van der Waals surface area (Å²) in [5.41, 5.74) is 1.93. The first-order chi connectivity index (χ1) is 41.3. The van der Waals surface area contributed by atoms with Crippen molar-refractivity contribution in [2.75, 3.05) is 52.6 Å². The van der Waals surface area contributed by atoms with Gasteiger partial charge in [-0.25, -0.2) is 0 Å². The first kappa shape index (κ1) is 67.0. The summed E-state index contributed by atoms with van der Waals surface area (Å²) in [7, 11) is 0. The number of pyridine rings is 3. The molecule has 0 aromatic carbocycles. The van der Waals surface area contributed by atoms with Crippen molar-refractivity contribution in [3.8, 4) is 11.5 Å². The molecule has 4 amide bonds. The molecule has 7 rings (SSSR count). The van der Waals surface area contributed by atoms with Crippen LogP contribution < -0.4 is 9.47 Å². The fourth-order valence-corrected chi connectivity index (χ4v) is 10.1. The number of carboxylic acids is 8. The predicted octanol–water partition coefficient (Wildman–Crippen LogP) is 0.0576. The van der Waals surface area contributed by atoms with Crippen LogP contribution in [-0.4, -0.2) is 233 Å². The van der Waals surface area contributed by atoms with Crippen molar-refractivity contribution in [2.45, 2.75) is 128 Å². The standard InChI is InChI=1S/C29H33N5O11.C26H34N4O12/c35-24-5-6-25(36)34(24)7-2-8-45-21-9-19-15-32(22(28(41)42)11-26(37)38)13-17-3-1-4-18(30-17)14-33(16-20(10-21)31-19)23(29(43)44)12-27(39)40;31-21-2-3-22(32)30(21)4-1-7-42-18-10-16-14-28(19(25(37)38)12-23(33)34)5-8-41-9-6-29(15-17(11-18)27-16)20(26(39)40)13-24(35)36/h1,3-4,9-10,22-23H,2,5-8,11-16H2,(H,37,38)(H,39,40)(H,41,42)(H,43,44);10-11,19-20H,1-9,12-15H2,(H,33,34)(H,35,36)(H,37,38)(H,39,40). The highest BCUT2D eigenvalue weighted by Crippen LogP contribution is 2.26. The van der Waals surface area contributed by atoms with E-state index < -0.39 is 97.6 Å². The van der Waals surface area contributed by atoms with E-state index in [9.17, 15) is 98.4 Å². The Bertz CT molecular complexity index is 2900. The summed E-state index contributed by atoms with van der Waals surface area (Å²) >= 11 is 0. The van der Waals surface area contributed by atoms with Crippen molar-refractivity contribution >= 4 is 71.4 Å². The number of hydrogen-bond donors (Lipinski definition) is 8. The second-order valence-electron chi connectivity index (χ2n) is 20.6. The quantitative estimate of drug-likeness (QED) is 0.0389. The van der Waals surface area contributed by atoms with Gasteiger partial charge >= 0.3 is 47.8 Å². The van der Waals surface area contributed by atoms with Gasteiger partial charge in [0.25, 0.3) is 0 Å². The maximum absolute atomic E-state index is 12.2. The van der Waals surface area contributed by atoms with Gasteiger partial charge in [-0.1, -0.05) is 6.07 Å². The highest BCUT2D eigenvalue weighted by molar-refractivity contribution is 6.02. The molecule has 6 bridgehead atoms. The summed E-state index contributed by atoms with van der Waals surface area (Å²) in [6.45, 7) is -0.120. The summed E-state index contributed by atoms with van der Waals surface area (Å²) in [5, 5.41) is 76.7. The molecule has 8 N–H and O–H groups in total. The van der Waals surface area contributed by atoms with E-state index in [0.29, 0.717) is 35.6 Å². The Labute approximate surface area is 495 Å². The highest BCUT2D eigenvalue weighted by atomic mass is 16.5. The summed E-state index contributed by atoms with van der Waals surface area (Å²) in [6.07, 6.45) is -1.40. The lowest BCUT2D eigenvalue weighted by atomic mass is 10.1.